The Morgan fingerprint density at radius 3 is 2.65 bits per heavy atom. The van der Waals surface area contributed by atoms with Crippen molar-refractivity contribution in [1.82, 2.24) is 9.88 Å². The Morgan fingerprint density at radius 2 is 2.05 bits per heavy atom. The van der Waals surface area contributed by atoms with Gasteiger partial charge < -0.3 is 4.90 Å². The molecule has 3 nitrogen and oxygen atoms in total. The Hall–Kier alpha value is -1.65. The van der Waals surface area contributed by atoms with Gasteiger partial charge in [0.2, 0.25) is 5.95 Å². The van der Waals surface area contributed by atoms with Gasteiger partial charge in [-0.15, -0.1) is 0 Å². The Bertz CT molecular complexity index is 632. The lowest BCUT2D eigenvalue weighted by Gasteiger charge is -2.18. The summed E-state index contributed by atoms with van der Waals surface area (Å²) in [6, 6.07) is 7.63. The van der Waals surface area contributed by atoms with E-state index >= 15 is 0 Å². The van der Waals surface area contributed by atoms with Crippen LogP contribution in [-0.4, -0.2) is 22.8 Å². The van der Waals surface area contributed by atoms with E-state index in [1.54, 1.807) is 25.2 Å². The predicted octanol–water partition coefficient (Wildman–Crippen LogP) is 3.80. The Balaban J connectivity index is 2.13. The van der Waals surface area contributed by atoms with E-state index in [2.05, 4.69) is 4.98 Å². The van der Waals surface area contributed by atoms with Crippen molar-refractivity contribution in [1.29, 1.82) is 0 Å². The van der Waals surface area contributed by atoms with Crippen molar-refractivity contribution in [3.63, 3.8) is 0 Å². The molecule has 0 atom stereocenters. The van der Waals surface area contributed by atoms with Gasteiger partial charge in [0.05, 0.1) is 5.56 Å². The maximum Gasteiger partial charge on any atom is 0.255 e. The molecule has 0 fully saturated rings. The molecule has 0 unspecified atom stereocenters. The molecule has 2 aromatic rings. The smallest absolute Gasteiger partial charge is 0.255 e. The monoisotopic (exact) mass is 312 g/mol. The number of hydrogen-bond donors (Lipinski definition) is 0. The van der Waals surface area contributed by atoms with Gasteiger partial charge in [-0.3, -0.25) is 4.79 Å². The summed E-state index contributed by atoms with van der Waals surface area (Å²) in [4.78, 5) is 17.1. The van der Waals surface area contributed by atoms with Crippen LogP contribution < -0.4 is 0 Å². The van der Waals surface area contributed by atoms with Crippen LogP contribution in [0, 0.1) is 5.95 Å². The van der Waals surface area contributed by atoms with E-state index in [0.717, 1.165) is 11.6 Å². The molecular weight excluding hydrogens is 302 g/mol. The van der Waals surface area contributed by atoms with Gasteiger partial charge in [0, 0.05) is 29.8 Å². The molecule has 1 amide bonds. The van der Waals surface area contributed by atoms with Gasteiger partial charge in [-0.2, -0.15) is 4.39 Å². The van der Waals surface area contributed by atoms with Gasteiger partial charge in [-0.05, 0) is 29.8 Å². The number of benzene rings is 1. The van der Waals surface area contributed by atoms with Crippen LogP contribution in [0.2, 0.25) is 10.0 Å². The van der Waals surface area contributed by atoms with Gasteiger partial charge in [0.1, 0.15) is 0 Å². The normalized spacial score (nSPS) is 10.4. The van der Waals surface area contributed by atoms with Crippen molar-refractivity contribution in [2.45, 2.75) is 6.54 Å². The van der Waals surface area contributed by atoms with Crippen LogP contribution in [0.1, 0.15) is 15.9 Å². The average Bonchev–Trinajstić information content (AvgIpc) is 2.42. The molecule has 104 valence electrons. The molecule has 0 aliphatic heterocycles. The van der Waals surface area contributed by atoms with E-state index in [0.29, 0.717) is 22.2 Å². The molecule has 1 aromatic heterocycles. The molecule has 0 radical (unpaired) electrons. The zero-order valence-corrected chi connectivity index (χ0v) is 12.1. The summed E-state index contributed by atoms with van der Waals surface area (Å²) in [5.41, 5.74) is 1.10. The van der Waals surface area contributed by atoms with E-state index in [-0.39, 0.29) is 5.91 Å². The summed E-state index contributed by atoms with van der Waals surface area (Å²) in [6.07, 6.45) is 1.21. The fraction of sp³-hybridized carbons (Fsp3) is 0.143. The van der Waals surface area contributed by atoms with E-state index in [1.807, 2.05) is 0 Å². The number of amides is 1. The Labute approximate surface area is 125 Å². The fourth-order valence-corrected chi connectivity index (χ4v) is 2.17. The highest BCUT2D eigenvalue weighted by atomic mass is 35.5. The molecule has 1 heterocycles. The number of hydrogen-bond acceptors (Lipinski definition) is 2. The van der Waals surface area contributed by atoms with Crippen molar-refractivity contribution in [3.8, 4) is 0 Å². The van der Waals surface area contributed by atoms with Crippen molar-refractivity contribution >= 4 is 29.1 Å². The van der Waals surface area contributed by atoms with E-state index < -0.39 is 5.95 Å². The molecule has 20 heavy (non-hydrogen) atoms. The predicted molar refractivity (Wildman–Crippen MR) is 76.5 cm³/mol. The zero-order valence-electron chi connectivity index (χ0n) is 10.6. The topological polar surface area (TPSA) is 33.2 Å². The summed E-state index contributed by atoms with van der Waals surface area (Å²) in [5, 5.41) is 1.03. The van der Waals surface area contributed by atoms with Crippen LogP contribution in [0.25, 0.3) is 0 Å². The van der Waals surface area contributed by atoms with Crippen LogP contribution in [0.3, 0.4) is 0 Å². The first kappa shape index (κ1) is 14.8. The minimum absolute atomic E-state index is 0.261. The summed E-state index contributed by atoms with van der Waals surface area (Å²) in [7, 11) is 1.64. The number of halogens is 3. The van der Waals surface area contributed by atoms with Crippen molar-refractivity contribution in [2.24, 2.45) is 0 Å². The number of carbonyl (C=O) groups is 1. The average molecular weight is 313 g/mol. The van der Waals surface area contributed by atoms with Gasteiger partial charge in [-0.1, -0.05) is 29.3 Å². The van der Waals surface area contributed by atoms with E-state index in [1.165, 1.54) is 17.2 Å². The Morgan fingerprint density at radius 1 is 1.30 bits per heavy atom. The van der Waals surface area contributed by atoms with Crippen molar-refractivity contribution < 1.29 is 9.18 Å². The third-order valence-electron chi connectivity index (χ3n) is 2.74. The summed E-state index contributed by atoms with van der Waals surface area (Å²) in [5.74, 6) is -0.881. The number of carbonyl (C=O) groups excluding carboxylic acids is 1. The summed E-state index contributed by atoms with van der Waals surface area (Å²) in [6.45, 7) is 0.326. The summed E-state index contributed by atoms with van der Waals surface area (Å²) < 4.78 is 12.7. The molecule has 0 aliphatic carbocycles. The first-order chi connectivity index (χ1) is 9.47. The van der Waals surface area contributed by atoms with Crippen molar-refractivity contribution in [2.75, 3.05) is 7.05 Å². The minimum atomic E-state index is -0.620. The highest BCUT2D eigenvalue weighted by Gasteiger charge is 2.14. The SMILES string of the molecule is CN(Cc1ccc(Cl)cc1Cl)C(=O)c1ccc(F)nc1. The van der Waals surface area contributed by atoms with Crippen LogP contribution >= 0.6 is 23.2 Å². The minimum Gasteiger partial charge on any atom is -0.337 e. The summed E-state index contributed by atoms with van der Waals surface area (Å²) >= 11 is 11.9. The van der Waals surface area contributed by atoms with Crippen molar-refractivity contribution in [3.05, 3.63) is 63.6 Å². The lowest BCUT2D eigenvalue weighted by Crippen LogP contribution is -2.26. The van der Waals surface area contributed by atoms with E-state index in [9.17, 15) is 9.18 Å². The van der Waals surface area contributed by atoms with Gasteiger partial charge in [0.25, 0.3) is 5.91 Å². The molecule has 0 saturated heterocycles. The lowest BCUT2D eigenvalue weighted by atomic mass is 10.2. The Kier molecular flexibility index (Phi) is 4.57. The lowest BCUT2D eigenvalue weighted by molar-refractivity contribution is 0.0784. The van der Waals surface area contributed by atoms with Crippen LogP contribution in [-0.2, 0) is 6.54 Å². The second-order valence-electron chi connectivity index (χ2n) is 4.27. The molecular formula is C14H11Cl2FN2O. The number of rotatable bonds is 3. The van der Waals surface area contributed by atoms with Crippen LogP contribution in [0.5, 0.6) is 0 Å². The highest BCUT2D eigenvalue weighted by molar-refractivity contribution is 6.35. The molecule has 0 spiro atoms. The van der Waals surface area contributed by atoms with E-state index in [4.69, 9.17) is 23.2 Å². The molecule has 2 rings (SSSR count). The number of aromatic nitrogens is 1. The maximum absolute atomic E-state index is 12.7. The zero-order chi connectivity index (χ0) is 14.7. The second-order valence-corrected chi connectivity index (χ2v) is 5.11. The number of pyridine rings is 1. The third kappa shape index (κ3) is 3.46. The quantitative estimate of drug-likeness (QED) is 0.808. The number of nitrogens with zero attached hydrogens (tertiary/aromatic N) is 2. The van der Waals surface area contributed by atoms with Crippen LogP contribution in [0.4, 0.5) is 4.39 Å². The standard InChI is InChI=1S/C14H11Cl2FN2O/c1-19(8-10-2-4-11(15)6-12(10)16)14(20)9-3-5-13(17)18-7-9/h2-7H,8H2,1H3. The second kappa shape index (κ2) is 6.20. The van der Waals surface area contributed by atoms with Gasteiger partial charge in [-0.25, -0.2) is 4.98 Å². The van der Waals surface area contributed by atoms with Gasteiger partial charge in [0.15, 0.2) is 0 Å². The largest absolute Gasteiger partial charge is 0.337 e. The van der Waals surface area contributed by atoms with Gasteiger partial charge >= 0.3 is 0 Å². The molecule has 1 aromatic carbocycles. The third-order valence-corrected chi connectivity index (χ3v) is 3.33. The molecule has 0 bridgehead atoms. The molecule has 6 heteroatoms. The maximum atomic E-state index is 12.7. The molecule has 0 saturated carbocycles. The molecule has 0 aliphatic rings. The first-order valence-electron chi connectivity index (χ1n) is 5.78. The highest BCUT2D eigenvalue weighted by Crippen LogP contribution is 2.22. The molecule has 0 N–H and O–H groups in total. The van der Waals surface area contributed by atoms with Crippen LogP contribution in [0.15, 0.2) is 36.5 Å². The first-order valence-corrected chi connectivity index (χ1v) is 6.54. The fourth-order valence-electron chi connectivity index (χ4n) is 1.70.